The van der Waals surface area contributed by atoms with Gasteiger partial charge in [-0.05, 0) is 31.4 Å². The molecule has 3 fully saturated rings. The summed E-state index contributed by atoms with van der Waals surface area (Å²) in [5.74, 6) is 1.12. The van der Waals surface area contributed by atoms with Gasteiger partial charge in [-0.1, -0.05) is 12.8 Å². The molecule has 0 unspecified atom stereocenters. The van der Waals surface area contributed by atoms with Gasteiger partial charge in [-0.15, -0.1) is 10.2 Å². The highest BCUT2D eigenvalue weighted by Gasteiger charge is 2.65. The van der Waals surface area contributed by atoms with Crippen molar-refractivity contribution in [3.8, 4) is 0 Å². The van der Waals surface area contributed by atoms with E-state index in [9.17, 15) is 4.79 Å². The molecular formula is C17H24N4O2. The van der Waals surface area contributed by atoms with E-state index in [1.165, 1.54) is 25.7 Å². The van der Waals surface area contributed by atoms with E-state index >= 15 is 0 Å². The Hall–Kier alpha value is -1.69. The van der Waals surface area contributed by atoms with Crippen LogP contribution in [-0.2, 0) is 4.74 Å². The number of carbonyl (C=O) groups is 1. The van der Waals surface area contributed by atoms with E-state index in [1.54, 1.807) is 6.07 Å². The maximum absolute atomic E-state index is 12.6. The van der Waals surface area contributed by atoms with Crippen LogP contribution in [0.25, 0.3) is 0 Å². The highest BCUT2D eigenvalue weighted by molar-refractivity contribution is 5.92. The Bertz CT molecular complexity index is 595. The summed E-state index contributed by atoms with van der Waals surface area (Å²) < 4.78 is 5.96. The summed E-state index contributed by atoms with van der Waals surface area (Å²) in [6, 6.07) is 3.82. The average Bonchev–Trinajstić information content (AvgIpc) is 3.21. The molecule has 0 bridgehead atoms. The molecule has 0 aromatic carbocycles. The van der Waals surface area contributed by atoms with E-state index < -0.39 is 0 Å². The maximum atomic E-state index is 12.6. The van der Waals surface area contributed by atoms with Crippen molar-refractivity contribution in [2.45, 2.75) is 44.2 Å². The number of ether oxygens (including phenoxy) is 1. The van der Waals surface area contributed by atoms with Gasteiger partial charge in [0.25, 0.3) is 5.91 Å². The average molecular weight is 316 g/mol. The van der Waals surface area contributed by atoms with Crippen molar-refractivity contribution < 1.29 is 9.53 Å². The quantitative estimate of drug-likeness (QED) is 0.918. The highest BCUT2D eigenvalue weighted by atomic mass is 16.5. The Kier molecular flexibility index (Phi) is 3.52. The molecule has 6 nitrogen and oxygen atoms in total. The Morgan fingerprint density at radius 3 is 2.74 bits per heavy atom. The van der Waals surface area contributed by atoms with Gasteiger partial charge in [0.15, 0.2) is 11.5 Å². The lowest BCUT2D eigenvalue weighted by atomic mass is 9.54. The smallest absolute Gasteiger partial charge is 0.272 e. The second kappa shape index (κ2) is 5.44. The van der Waals surface area contributed by atoms with Gasteiger partial charge in [-0.25, -0.2) is 0 Å². The molecular weight excluding hydrogens is 292 g/mol. The van der Waals surface area contributed by atoms with Gasteiger partial charge < -0.3 is 15.0 Å². The summed E-state index contributed by atoms with van der Waals surface area (Å²) in [5, 5.41) is 11.4. The third-order valence-electron chi connectivity index (χ3n) is 5.91. The third kappa shape index (κ3) is 2.23. The van der Waals surface area contributed by atoms with Crippen LogP contribution in [0, 0.1) is 11.3 Å². The second-order valence-corrected chi connectivity index (χ2v) is 7.31. The van der Waals surface area contributed by atoms with Crippen LogP contribution in [0.15, 0.2) is 12.1 Å². The van der Waals surface area contributed by atoms with Crippen LogP contribution in [0.1, 0.15) is 42.6 Å². The second-order valence-electron chi connectivity index (χ2n) is 7.31. The standard InChI is InChI=1S/C17H24N4O2/c1-21(2)13-6-5-12(19-20-13)16(22)18-14-11-7-10-23-15(11)17(14)8-3-4-9-17/h5-6,11,14-15H,3-4,7-10H2,1-2H3,(H,18,22)/t11-,14+,15-/m0/s1. The Labute approximate surface area is 136 Å². The Morgan fingerprint density at radius 1 is 1.30 bits per heavy atom. The summed E-state index contributed by atoms with van der Waals surface area (Å²) >= 11 is 0. The first-order valence-corrected chi connectivity index (χ1v) is 8.55. The van der Waals surface area contributed by atoms with Crippen LogP contribution in [0.3, 0.4) is 0 Å². The minimum absolute atomic E-state index is 0.107. The van der Waals surface area contributed by atoms with Gasteiger partial charge in [0.05, 0.1) is 6.10 Å². The molecule has 1 amide bonds. The van der Waals surface area contributed by atoms with Gasteiger partial charge in [-0.3, -0.25) is 4.79 Å². The molecule has 6 heteroatoms. The summed E-state index contributed by atoms with van der Waals surface area (Å²) in [6.45, 7) is 0.834. The summed E-state index contributed by atoms with van der Waals surface area (Å²) in [4.78, 5) is 14.5. The van der Waals surface area contributed by atoms with Crippen molar-refractivity contribution in [2.75, 3.05) is 25.6 Å². The van der Waals surface area contributed by atoms with Crippen molar-refractivity contribution in [3.05, 3.63) is 17.8 Å². The highest BCUT2D eigenvalue weighted by Crippen LogP contribution is 2.60. The van der Waals surface area contributed by atoms with Gasteiger partial charge >= 0.3 is 0 Å². The van der Waals surface area contributed by atoms with Crippen LogP contribution in [0.4, 0.5) is 5.82 Å². The molecule has 2 aliphatic carbocycles. The fraction of sp³-hybridized carbons (Fsp3) is 0.706. The van der Waals surface area contributed by atoms with Crippen LogP contribution in [0.2, 0.25) is 0 Å². The molecule has 1 aliphatic heterocycles. The fourth-order valence-corrected chi connectivity index (χ4v) is 4.80. The number of carbonyl (C=O) groups excluding carboxylic acids is 1. The van der Waals surface area contributed by atoms with E-state index in [2.05, 4.69) is 15.5 Å². The van der Waals surface area contributed by atoms with Gasteiger partial charge in [0, 0.05) is 38.1 Å². The molecule has 0 radical (unpaired) electrons. The largest absolute Gasteiger partial charge is 0.377 e. The van der Waals surface area contributed by atoms with Crippen molar-refractivity contribution in [1.29, 1.82) is 0 Å². The zero-order valence-corrected chi connectivity index (χ0v) is 13.8. The van der Waals surface area contributed by atoms with Crippen LogP contribution in [-0.4, -0.2) is 49.0 Å². The molecule has 23 heavy (non-hydrogen) atoms. The molecule has 1 aromatic rings. The summed E-state index contributed by atoms with van der Waals surface area (Å²) in [7, 11) is 3.81. The number of aromatic nitrogens is 2. The number of anilines is 1. The summed E-state index contributed by atoms with van der Waals surface area (Å²) in [5.41, 5.74) is 0.569. The normalized spacial score (nSPS) is 30.8. The lowest BCUT2D eigenvalue weighted by Gasteiger charge is -2.56. The number of rotatable bonds is 3. The molecule has 1 N–H and O–H groups in total. The van der Waals surface area contributed by atoms with Crippen LogP contribution >= 0.6 is 0 Å². The molecule has 3 aliphatic rings. The van der Waals surface area contributed by atoms with Crippen LogP contribution < -0.4 is 10.2 Å². The van der Waals surface area contributed by atoms with Crippen molar-refractivity contribution in [1.82, 2.24) is 15.5 Å². The van der Waals surface area contributed by atoms with E-state index in [0.29, 0.717) is 17.7 Å². The van der Waals surface area contributed by atoms with Crippen molar-refractivity contribution in [3.63, 3.8) is 0 Å². The minimum atomic E-state index is -0.107. The van der Waals surface area contributed by atoms with Crippen LogP contribution in [0.5, 0.6) is 0 Å². The van der Waals surface area contributed by atoms with E-state index in [0.717, 1.165) is 18.8 Å². The minimum Gasteiger partial charge on any atom is -0.377 e. The number of fused-ring (bicyclic) bond motifs is 2. The number of nitrogens with one attached hydrogen (secondary N) is 1. The molecule has 3 atom stereocenters. The van der Waals surface area contributed by atoms with E-state index in [-0.39, 0.29) is 17.4 Å². The molecule has 2 heterocycles. The lowest BCUT2D eigenvalue weighted by Crippen LogP contribution is -2.68. The number of hydrogen-bond acceptors (Lipinski definition) is 5. The van der Waals surface area contributed by atoms with Crippen molar-refractivity contribution >= 4 is 11.7 Å². The van der Waals surface area contributed by atoms with Gasteiger partial charge in [0.2, 0.25) is 0 Å². The summed E-state index contributed by atoms with van der Waals surface area (Å²) in [6.07, 6.45) is 6.25. The predicted octanol–water partition coefficient (Wildman–Crippen LogP) is 1.62. The third-order valence-corrected chi connectivity index (χ3v) is 5.91. The van der Waals surface area contributed by atoms with Crippen molar-refractivity contribution in [2.24, 2.45) is 11.3 Å². The number of amides is 1. The fourth-order valence-electron chi connectivity index (χ4n) is 4.80. The predicted molar refractivity (Wildman–Crippen MR) is 86.4 cm³/mol. The SMILES string of the molecule is CN(C)c1ccc(C(=O)N[C@@H]2[C@@H]3CCO[C@@H]3C23CCCC3)nn1. The van der Waals surface area contributed by atoms with E-state index in [1.807, 2.05) is 25.1 Å². The first-order chi connectivity index (χ1) is 11.1. The molecule has 124 valence electrons. The number of nitrogens with zero attached hydrogens (tertiary/aromatic N) is 3. The topological polar surface area (TPSA) is 67.4 Å². The monoisotopic (exact) mass is 316 g/mol. The Balaban J connectivity index is 1.49. The molecule has 2 saturated carbocycles. The molecule has 1 spiro atoms. The first kappa shape index (κ1) is 14.9. The Morgan fingerprint density at radius 2 is 2.09 bits per heavy atom. The first-order valence-electron chi connectivity index (χ1n) is 8.55. The lowest BCUT2D eigenvalue weighted by molar-refractivity contribution is -0.126. The maximum Gasteiger partial charge on any atom is 0.272 e. The van der Waals surface area contributed by atoms with Gasteiger partial charge in [0.1, 0.15) is 0 Å². The number of hydrogen-bond donors (Lipinski definition) is 1. The zero-order valence-electron chi connectivity index (χ0n) is 13.8. The van der Waals surface area contributed by atoms with E-state index in [4.69, 9.17) is 4.74 Å². The molecule has 4 rings (SSSR count). The zero-order chi connectivity index (χ0) is 16.0. The van der Waals surface area contributed by atoms with Gasteiger partial charge in [-0.2, -0.15) is 0 Å². The molecule has 1 aromatic heterocycles. The molecule has 1 saturated heterocycles.